The number of likely N-dealkylation sites (tertiary alicyclic amines) is 1. The highest BCUT2D eigenvalue weighted by Gasteiger charge is 2.28. The maximum Gasteiger partial charge on any atom is 0.410 e. The number of benzene rings is 2. The van der Waals surface area contributed by atoms with E-state index < -0.39 is 5.60 Å². The molecule has 3 N–H and O–H groups in total. The highest BCUT2D eigenvalue weighted by Crippen LogP contribution is 2.23. The molecular weight excluding hydrogens is 721 g/mol. The molecule has 0 atom stereocenters. The van der Waals surface area contributed by atoms with Crippen molar-refractivity contribution in [1.82, 2.24) is 30.0 Å². The zero-order valence-corrected chi connectivity index (χ0v) is 35.3. The van der Waals surface area contributed by atoms with Crippen molar-refractivity contribution < 1.29 is 19.1 Å². The molecule has 0 spiro atoms. The van der Waals surface area contributed by atoms with Gasteiger partial charge in [-0.3, -0.25) is 19.2 Å². The highest BCUT2D eigenvalue weighted by molar-refractivity contribution is 5.99. The van der Waals surface area contributed by atoms with Crippen LogP contribution in [0.5, 0.6) is 0 Å². The topological polar surface area (TPSA) is 144 Å². The van der Waals surface area contributed by atoms with E-state index in [1.165, 1.54) is 0 Å². The molecule has 0 aliphatic carbocycles. The van der Waals surface area contributed by atoms with E-state index in [0.29, 0.717) is 32.1 Å². The Hall–Kier alpha value is -4.97. The molecule has 2 aliphatic rings. The summed E-state index contributed by atoms with van der Waals surface area (Å²) in [5.41, 5.74) is 3.25. The minimum atomic E-state index is -0.511. The molecule has 2 aliphatic heterocycles. The molecule has 0 unspecified atom stereocenters. The van der Waals surface area contributed by atoms with Crippen molar-refractivity contribution in [2.24, 2.45) is 11.8 Å². The number of hydrogen-bond acceptors (Lipinski definition) is 7. The van der Waals surface area contributed by atoms with E-state index in [-0.39, 0.29) is 58.2 Å². The maximum absolute atomic E-state index is 13.1. The molecule has 6 rings (SSSR count). The van der Waals surface area contributed by atoms with Crippen LogP contribution < -0.4 is 27.1 Å². The monoisotopic (exact) mass is 782 g/mol. The molecule has 12 nitrogen and oxygen atoms in total. The van der Waals surface area contributed by atoms with Crippen LogP contribution in [0, 0.1) is 25.7 Å². The maximum atomic E-state index is 13.1. The standard InChI is InChI=1S/C25H35N3O4.C20H27N3O2/c1-16(2)28-21-9-7-8-17(3)19(21)14-20(23(28)30)22(29)26-15-18-10-12-27(13-11-18)24(31)32-25(4,5)6;1-13(2)23-18-6-4-5-14(3)16(18)11-17(20(23)25)19(24)22-12-15-7-9-21-10-8-15/h7-9,14,16,18H,10-13,15H2,1-6H3,(H,26,29);4-6,11,13,15,21H,7-10,12H2,1-3H3,(H,22,24). The van der Waals surface area contributed by atoms with Gasteiger partial charge in [0.2, 0.25) is 0 Å². The molecule has 57 heavy (non-hydrogen) atoms. The van der Waals surface area contributed by atoms with Crippen LogP contribution in [-0.2, 0) is 4.74 Å². The first-order valence-electron chi connectivity index (χ1n) is 20.5. The van der Waals surface area contributed by atoms with Gasteiger partial charge in [0.05, 0.1) is 11.0 Å². The molecular formula is C45H62N6O6. The van der Waals surface area contributed by atoms with Crippen molar-refractivity contribution in [3.8, 4) is 0 Å². The lowest BCUT2D eigenvalue weighted by Crippen LogP contribution is -2.44. The lowest BCUT2D eigenvalue weighted by Gasteiger charge is -2.33. The van der Waals surface area contributed by atoms with Crippen LogP contribution >= 0.6 is 0 Å². The molecule has 2 saturated heterocycles. The molecule has 4 heterocycles. The van der Waals surface area contributed by atoms with Gasteiger partial charge in [-0.25, -0.2) is 4.79 Å². The largest absolute Gasteiger partial charge is 0.444 e. The van der Waals surface area contributed by atoms with E-state index in [1.807, 2.05) is 98.7 Å². The molecule has 0 bridgehead atoms. The predicted octanol–water partition coefficient (Wildman–Crippen LogP) is 6.89. The number of hydrogen-bond donors (Lipinski definition) is 3. The van der Waals surface area contributed by atoms with Crippen molar-refractivity contribution in [3.05, 3.63) is 91.5 Å². The van der Waals surface area contributed by atoms with E-state index >= 15 is 0 Å². The number of carbonyl (C=O) groups excluding carboxylic acids is 3. The summed E-state index contributed by atoms with van der Waals surface area (Å²) in [5.74, 6) is 0.138. The number of amides is 3. The number of carbonyl (C=O) groups is 3. The van der Waals surface area contributed by atoms with Crippen molar-refractivity contribution >= 4 is 39.7 Å². The second kappa shape index (κ2) is 18.5. The first kappa shape index (κ1) is 43.2. The van der Waals surface area contributed by atoms with E-state index in [0.717, 1.165) is 71.7 Å². The van der Waals surface area contributed by atoms with Gasteiger partial charge in [-0.2, -0.15) is 0 Å². The minimum absolute atomic E-state index is 0.00558. The first-order chi connectivity index (χ1) is 27.0. The predicted molar refractivity (Wildman–Crippen MR) is 227 cm³/mol. The highest BCUT2D eigenvalue weighted by atomic mass is 16.6. The van der Waals surface area contributed by atoms with Gasteiger partial charge in [-0.15, -0.1) is 0 Å². The number of nitrogens with zero attached hydrogens (tertiary/aromatic N) is 3. The van der Waals surface area contributed by atoms with Gasteiger partial charge in [-0.1, -0.05) is 24.3 Å². The summed E-state index contributed by atoms with van der Waals surface area (Å²) in [6, 6.07) is 15.1. The van der Waals surface area contributed by atoms with Gasteiger partial charge in [0, 0.05) is 49.0 Å². The van der Waals surface area contributed by atoms with Crippen LogP contribution in [0.15, 0.2) is 58.1 Å². The van der Waals surface area contributed by atoms with Gasteiger partial charge in [0.15, 0.2) is 0 Å². The van der Waals surface area contributed by atoms with Crippen molar-refractivity contribution in [1.29, 1.82) is 0 Å². The lowest BCUT2D eigenvalue weighted by molar-refractivity contribution is 0.0183. The van der Waals surface area contributed by atoms with Crippen LogP contribution in [0.3, 0.4) is 0 Å². The third-order valence-electron chi connectivity index (χ3n) is 10.9. The molecule has 12 heteroatoms. The molecule has 0 saturated carbocycles. The van der Waals surface area contributed by atoms with E-state index in [9.17, 15) is 24.0 Å². The minimum Gasteiger partial charge on any atom is -0.444 e. The second-order valence-corrected chi connectivity index (χ2v) is 17.2. The fraction of sp³-hybridized carbons (Fsp3) is 0.533. The summed E-state index contributed by atoms with van der Waals surface area (Å²) in [6.45, 7) is 21.7. The molecule has 2 aromatic heterocycles. The quantitative estimate of drug-likeness (QED) is 0.177. The summed E-state index contributed by atoms with van der Waals surface area (Å²) < 4.78 is 8.85. The van der Waals surface area contributed by atoms with Gasteiger partial charge in [0.1, 0.15) is 16.7 Å². The zero-order chi connectivity index (χ0) is 41.6. The number of piperidine rings is 2. The SMILES string of the molecule is Cc1cccc2c1cc(C(=O)NCC1CCN(C(=O)OC(C)(C)C)CC1)c(=O)n2C(C)C.Cc1cccc2c1cc(C(=O)NCC1CCNCC1)c(=O)n2C(C)C. The van der Waals surface area contributed by atoms with Crippen LogP contribution in [0.4, 0.5) is 4.79 Å². The number of rotatable bonds is 8. The molecule has 3 amide bonds. The fourth-order valence-electron chi connectivity index (χ4n) is 7.76. The average Bonchev–Trinajstić information content (AvgIpc) is 3.15. The summed E-state index contributed by atoms with van der Waals surface area (Å²) in [5, 5.41) is 11.1. The Bertz CT molecular complexity index is 2200. The first-order valence-corrected chi connectivity index (χ1v) is 20.5. The summed E-state index contributed by atoms with van der Waals surface area (Å²) >= 11 is 0. The van der Waals surface area contributed by atoms with Crippen LogP contribution in [0.2, 0.25) is 0 Å². The number of pyridine rings is 2. The Morgan fingerprint density at radius 2 is 1.14 bits per heavy atom. The Labute approximate surface area is 336 Å². The molecule has 4 aromatic rings. The van der Waals surface area contributed by atoms with Crippen LogP contribution in [-0.4, -0.2) is 76.8 Å². The smallest absolute Gasteiger partial charge is 0.410 e. The Kier molecular flexibility index (Phi) is 14.0. The van der Waals surface area contributed by atoms with Crippen molar-refractivity contribution in [2.45, 2.75) is 106 Å². The summed E-state index contributed by atoms with van der Waals surface area (Å²) in [7, 11) is 0. The third-order valence-corrected chi connectivity index (χ3v) is 10.9. The normalized spacial score (nSPS) is 15.5. The average molecular weight is 783 g/mol. The lowest BCUT2D eigenvalue weighted by atomic mass is 9.97. The van der Waals surface area contributed by atoms with Gasteiger partial charge in [-0.05, 0) is 148 Å². The van der Waals surface area contributed by atoms with E-state index in [2.05, 4.69) is 16.0 Å². The van der Waals surface area contributed by atoms with Gasteiger partial charge < -0.3 is 34.7 Å². The number of fused-ring (bicyclic) bond motifs is 2. The van der Waals surface area contributed by atoms with E-state index in [1.54, 1.807) is 26.2 Å². The Morgan fingerprint density at radius 3 is 1.54 bits per heavy atom. The third kappa shape index (κ3) is 10.5. The molecule has 2 aromatic carbocycles. The number of ether oxygens (including phenoxy) is 1. The fourth-order valence-corrected chi connectivity index (χ4v) is 7.76. The number of aryl methyl sites for hydroxylation is 2. The Balaban J connectivity index is 0.000000224. The molecule has 2 fully saturated rings. The van der Waals surface area contributed by atoms with Crippen molar-refractivity contribution in [2.75, 3.05) is 39.3 Å². The summed E-state index contributed by atoms with van der Waals surface area (Å²) in [4.78, 5) is 65.6. The molecule has 0 radical (unpaired) electrons. The number of nitrogens with one attached hydrogen (secondary N) is 3. The number of aromatic nitrogens is 2. The zero-order valence-electron chi connectivity index (χ0n) is 35.3. The molecule has 308 valence electrons. The van der Waals surface area contributed by atoms with Crippen LogP contribution in [0.1, 0.15) is 118 Å². The van der Waals surface area contributed by atoms with E-state index in [4.69, 9.17) is 4.74 Å². The summed E-state index contributed by atoms with van der Waals surface area (Å²) in [6.07, 6.45) is 3.40. The van der Waals surface area contributed by atoms with Gasteiger partial charge in [0.25, 0.3) is 22.9 Å². The second-order valence-electron chi connectivity index (χ2n) is 17.2. The van der Waals surface area contributed by atoms with Crippen molar-refractivity contribution in [3.63, 3.8) is 0 Å². The van der Waals surface area contributed by atoms with Gasteiger partial charge >= 0.3 is 6.09 Å². The van der Waals surface area contributed by atoms with Crippen LogP contribution in [0.25, 0.3) is 21.8 Å². The Morgan fingerprint density at radius 1 is 0.719 bits per heavy atom.